The van der Waals surface area contributed by atoms with Crippen molar-refractivity contribution >= 4 is 22.8 Å². The summed E-state index contributed by atoms with van der Waals surface area (Å²) in [5.74, 6) is -0.129. The van der Waals surface area contributed by atoms with Crippen LogP contribution in [0.15, 0.2) is 15.7 Å². The van der Waals surface area contributed by atoms with Gasteiger partial charge in [-0.3, -0.25) is 23.9 Å². The van der Waals surface area contributed by atoms with Crippen molar-refractivity contribution in [2.24, 2.45) is 0 Å². The van der Waals surface area contributed by atoms with Gasteiger partial charge in [-0.2, -0.15) is 0 Å². The van der Waals surface area contributed by atoms with Gasteiger partial charge in [-0.05, 0) is 38.2 Å². The average molecular weight is 442 g/mol. The fourth-order valence-electron chi connectivity index (χ4n) is 4.35. The van der Waals surface area contributed by atoms with E-state index in [0.29, 0.717) is 13.0 Å². The zero-order valence-corrected chi connectivity index (χ0v) is 18.6. The summed E-state index contributed by atoms with van der Waals surface area (Å²) >= 11 is 0. The first-order valence-electron chi connectivity index (χ1n) is 11.7. The molecule has 0 aromatic carbocycles. The molecule has 9 nitrogen and oxygen atoms in total. The highest BCUT2D eigenvalue weighted by molar-refractivity contribution is 6.05. The van der Waals surface area contributed by atoms with E-state index in [-0.39, 0.29) is 41.4 Å². The van der Waals surface area contributed by atoms with Gasteiger partial charge in [0.25, 0.3) is 11.5 Å². The van der Waals surface area contributed by atoms with E-state index in [1.807, 2.05) is 11.8 Å². The lowest BCUT2D eigenvalue weighted by Crippen LogP contribution is -2.36. The summed E-state index contributed by atoms with van der Waals surface area (Å²) in [6.07, 6.45) is 7.21. The van der Waals surface area contributed by atoms with Crippen LogP contribution in [0, 0.1) is 0 Å². The molecule has 0 atom stereocenters. The first kappa shape index (κ1) is 22.2. The number of hydrogen-bond donors (Lipinski definition) is 2. The van der Waals surface area contributed by atoms with Crippen molar-refractivity contribution in [2.75, 3.05) is 19.6 Å². The molecule has 3 heterocycles. The van der Waals surface area contributed by atoms with Gasteiger partial charge >= 0.3 is 5.69 Å². The van der Waals surface area contributed by atoms with E-state index >= 15 is 0 Å². The maximum atomic E-state index is 13.1. The van der Waals surface area contributed by atoms with Crippen LogP contribution in [0.4, 0.5) is 0 Å². The van der Waals surface area contributed by atoms with Crippen molar-refractivity contribution in [2.45, 2.75) is 70.8 Å². The number of nitrogens with zero attached hydrogens (tertiary/aromatic N) is 3. The summed E-state index contributed by atoms with van der Waals surface area (Å²) in [5, 5.41) is 2.93. The Hall–Kier alpha value is -2.97. The number of aromatic nitrogens is 3. The molecule has 32 heavy (non-hydrogen) atoms. The highest BCUT2D eigenvalue weighted by Gasteiger charge is 2.28. The molecule has 0 bridgehead atoms. The molecule has 172 valence electrons. The summed E-state index contributed by atoms with van der Waals surface area (Å²) in [6, 6.07) is 1.67. The standard InChI is InChI=1S/C23H31N5O4/c1-2-11-28-20-19(22(31)26-23(28)32)16(14-17(25-20)15-7-8-15)21(30)24-10-9-18(29)27-12-5-3-4-6-13-27/h14-15H,2-13H2,1H3,(H,24,30)(H,26,31,32). The first-order chi connectivity index (χ1) is 15.5. The predicted molar refractivity (Wildman–Crippen MR) is 121 cm³/mol. The average Bonchev–Trinajstić information content (AvgIpc) is 3.63. The van der Waals surface area contributed by atoms with Crippen molar-refractivity contribution < 1.29 is 9.59 Å². The minimum atomic E-state index is -0.613. The molecule has 0 spiro atoms. The van der Waals surface area contributed by atoms with Gasteiger partial charge in [0.1, 0.15) is 0 Å². The molecule has 2 aromatic rings. The summed E-state index contributed by atoms with van der Waals surface area (Å²) in [6.45, 7) is 4.08. The third-order valence-electron chi connectivity index (χ3n) is 6.24. The fourth-order valence-corrected chi connectivity index (χ4v) is 4.35. The number of nitrogens with one attached hydrogen (secondary N) is 2. The molecule has 1 aliphatic carbocycles. The molecular formula is C23H31N5O4. The topological polar surface area (TPSA) is 117 Å². The number of fused-ring (bicyclic) bond motifs is 1. The number of carbonyl (C=O) groups is 2. The Morgan fingerprint density at radius 2 is 1.88 bits per heavy atom. The Morgan fingerprint density at radius 3 is 2.53 bits per heavy atom. The van der Waals surface area contributed by atoms with Gasteiger partial charge in [0.05, 0.1) is 10.9 Å². The highest BCUT2D eigenvalue weighted by Crippen LogP contribution is 2.39. The number of aromatic amines is 1. The molecule has 0 radical (unpaired) electrons. The number of rotatable bonds is 7. The van der Waals surface area contributed by atoms with Crippen LogP contribution in [0.2, 0.25) is 0 Å². The van der Waals surface area contributed by atoms with Crippen molar-refractivity contribution in [3.05, 3.63) is 38.2 Å². The normalized spacial score (nSPS) is 16.7. The predicted octanol–water partition coefficient (Wildman–Crippen LogP) is 1.89. The zero-order valence-electron chi connectivity index (χ0n) is 18.6. The van der Waals surface area contributed by atoms with E-state index in [2.05, 4.69) is 15.3 Å². The van der Waals surface area contributed by atoms with E-state index in [1.165, 1.54) is 4.57 Å². The molecule has 9 heteroatoms. The van der Waals surface area contributed by atoms with Crippen LogP contribution in [0.1, 0.15) is 80.3 Å². The van der Waals surface area contributed by atoms with E-state index < -0.39 is 17.2 Å². The molecule has 2 aromatic heterocycles. The number of pyridine rings is 1. The number of hydrogen-bond acceptors (Lipinski definition) is 5. The molecule has 0 unspecified atom stereocenters. The van der Waals surface area contributed by atoms with Gasteiger partial charge in [0.15, 0.2) is 5.65 Å². The Bertz CT molecular complexity index is 1120. The number of aryl methyl sites for hydroxylation is 1. The minimum Gasteiger partial charge on any atom is -0.351 e. The molecular weight excluding hydrogens is 410 g/mol. The van der Waals surface area contributed by atoms with Crippen molar-refractivity contribution in [3.8, 4) is 0 Å². The van der Waals surface area contributed by atoms with Gasteiger partial charge in [-0.25, -0.2) is 9.78 Å². The highest BCUT2D eigenvalue weighted by atomic mass is 16.2. The van der Waals surface area contributed by atoms with Crippen LogP contribution < -0.4 is 16.6 Å². The van der Waals surface area contributed by atoms with E-state index in [9.17, 15) is 19.2 Å². The van der Waals surface area contributed by atoms with Gasteiger partial charge in [-0.1, -0.05) is 19.8 Å². The molecule has 2 N–H and O–H groups in total. The smallest absolute Gasteiger partial charge is 0.329 e. The van der Waals surface area contributed by atoms with Gasteiger partial charge in [0.2, 0.25) is 5.91 Å². The van der Waals surface area contributed by atoms with Crippen LogP contribution in [0.5, 0.6) is 0 Å². The third-order valence-corrected chi connectivity index (χ3v) is 6.24. The van der Waals surface area contributed by atoms with Crippen molar-refractivity contribution in [3.63, 3.8) is 0 Å². The monoisotopic (exact) mass is 441 g/mol. The van der Waals surface area contributed by atoms with Crippen LogP contribution in [-0.2, 0) is 11.3 Å². The minimum absolute atomic E-state index is 0.0417. The molecule has 1 saturated heterocycles. The quantitative estimate of drug-likeness (QED) is 0.681. The Labute approximate surface area is 186 Å². The second kappa shape index (κ2) is 9.67. The number of likely N-dealkylation sites (tertiary alicyclic amines) is 1. The Kier molecular flexibility index (Phi) is 6.72. The maximum Gasteiger partial charge on any atom is 0.329 e. The molecule has 4 rings (SSSR count). The molecule has 1 aliphatic heterocycles. The summed E-state index contributed by atoms with van der Waals surface area (Å²) in [7, 11) is 0. The molecule has 2 fully saturated rings. The number of H-pyrrole nitrogens is 1. The molecule has 1 saturated carbocycles. The summed E-state index contributed by atoms with van der Waals surface area (Å²) in [4.78, 5) is 59.4. The second-order valence-corrected chi connectivity index (χ2v) is 8.78. The SMILES string of the molecule is CCCn1c(=O)[nH]c(=O)c2c(C(=O)NCCC(=O)N3CCCCCC3)cc(C3CC3)nc21. The summed E-state index contributed by atoms with van der Waals surface area (Å²) in [5.41, 5.74) is 0.0800. The zero-order chi connectivity index (χ0) is 22.7. The maximum absolute atomic E-state index is 13.1. The second-order valence-electron chi connectivity index (χ2n) is 8.78. The molecule has 2 amide bonds. The van der Waals surface area contributed by atoms with Crippen LogP contribution in [0.3, 0.4) is 0 Å². The third kappa shape index (κ3) is 4.76. The van der Waals surface area contributed by atoms with Gasteiger partial charge in [0, 0.05) is 44.2 Å². The Balaban J connectivity index is 1.58. The van der Waals surface area contributed by atoms with Crippen molar-refractivity contribution in [1.29, 1.82) is 0 Å². The van der Waals surface area contributed by atoms with Crippen LogP contribution in [0.25, 0.3) is 11.0 Å². The van der Waals surface area contributed by atoms with E-state index in [0.717, 1.165) is 57.3 Å². The van der Waals surface area contributed by atoms with E-state index in [4.69, 9.17) is 0 Å². The lowest BCUT2D eigenvalue weighted by molar-refractivity contribution is -0.131. The largest absolute Gasteiger partial charge is 0.351 e. The lowest BCUT2D eigenvalue weighted by atomic mass is 10.1. The first-order valence-corrected chi connectivity index (χ1v) is 11.7. The van der Waals surface area contributed by atoms with Gasteiger partial charge < -0.3 is 10.2 Å². The van der Waals surface area contributed by atoms with Crippen LogP contribution >= 0.6 is 0 Å². The van der Waals surface area contributed by atoms with Crippen LogP contribution in [-0.4, -0.2) is 50.9 Å². The van der Waals surface area contributed by atoms with E-state index in [1.54, 1.807) is 6.07 Å². The lowest BCUT2D eigenvalue weighted by Gasteiger charge is -2.20. The molecule has 2 aliphatic rings. The van der Waals surface area contributed by atoms with Crippen molar-refractivity contribution in [1.82, 2.24) is 24.8 Å². The summed E-state index contributed by atoms with van der Waals surface area (Å²) < 4.78 is 1.43. The number of carbonyl (C=O) groups excluding carboxylic acids is 2. The van der Waals surface area contributed by atoms with Gasteiger partial charge in [-0.15, -0.1) is 0 Å². The fraction of sp³-hybridized carbons (Fsp3) is 0.609. The number of amides is 2. The Morgan fingerprint density at radius 1 is 1.16 bits per heavy atom.